The average molecular weight is 297 g/mol. The van der Waals surface area contributed by atoms with Crippen molar-refractivity contribution in [1.29, 1.82) is 0 Å². The van der Waals surface area contributed by atoms with E-state index in [4.69, 9.17) is 4.74 Å². The molecule has 0 atom stereocenters. The molecule has 0 saturated heterocycles. The van der Waals surface area contributed by atoms with Crippen LogP contribution in [0, 0.1) is 0 Å². The largest absolute Gasteiger partial charge is 0.508 e. The number of ether oxygens (including phenoxy) is 1. The zero-order valence-electron chi connectivity index (χ0n) is 12.7. The summed E-state index contributed by atoms with van der Waals surface area (Å²) >= 11 is 0. The number of nitrogens with zero attached hydrogens (tertiary/aromatic N) is 1. The van der Waals surface area contributed by atoms with Crippen molar-refractivity contribution in [3.63, 3.8) is 0 Å². The van der Waals surface area contributed by atoms with Gasteiger partial charge in [0.15, 0.2) is 0 Å². The fourth-order valence-corrected chi connectivity index (χ4v) is 2.59. The molecule has 0 aliphatic heterocycles. The molecule has 2 aromatic carbocycles. The van der Waals surface area contributed by atoms with Crippen LogP contribution >= 0.6 is 0 Å². The molecular formula is C18H19NO3. The molecule has 4 nitrogen and oxygen atoms in total. The maximum absolute atomic E-state index is 9.71. The van der Waals surface area contributed by atoms with E-state index >= 15 is 0 Å². The quantitative estimate of drug-likeness (QED) is 0.758. The van der Waals surface area contributed by atoms with Gasteiger partial charge in [0.25, 0.3) is 0 Å². The minimum absolute atomic E-state index is 0.187. The third-order valence-electron chi connectivity index (χ3n) is 3.67. The van der Waals surface area contributed by atoms with Gasteiger partial charge in [0.1, 0.15) is 23.9 Å². The van der Waals surface area contributed by atoms with E-state index in [2.05, 4.69) is 24.6 Å². The summed E-state index contributed by atoms with van der Waals surface area (Å²) in [5, 5.41) is 20.3. The van der Waals surface area contributed by atoms with Crippen LogP contribution in [-0.4, -0.2) is 14.8 Å². The van der Waals surface area contributed by atoms with Crippen molar-refractivity contribution >= 4 is 10.9 Å². The van der Waals surface area contributed by atoms with Crippen LogP contribution < -0.4 is 4.74 Å². The second-order valence-electron chi connectivity index (χ2n) is 5.64. The van der Waals surface area contributed by atoms with E-state index in [0.29, 0.717) is 18.4 Å². The van der Waals surface area contributed by atoms with Gasteiger partial charge < -0.3 is 19.5 Å². The Kier molecular flexibility index (Phi) is 3.67. The lowest BCUT2D eigenvalue weighted by Crippen LogP contribution is -1.98. The molecule has 0 aliphatic carbocycles. The lowest BCUT2D eigenvalue weighted by atomic mass is 10.2. The summed E-state index contributed by atoms with van der Waals surface area (Å²) in [4.78, 5) is 0. The maximum Gasteiger partial charge on any atom is 0.123 e. The minimum atomic E-state index is 0.187. The van der Waals surface area contributed by atoms with Crippen LogP contribution in [0.2, 0.25) is 0 Å². The number of hydrogen-bond donors (Lipinski definition) is 2. The van der Waals surface area contributed by atoms with Crippen molar-refractivity contribution in [3.8, 4) is 17.2 Å². The van der Waals surface area contributed by atoms with Gasteiger partial charge in [-0.15, -0.1) is 0 Å². The fraction of sp³-hybridized carbons (Fsp3) is 0.222. The lowest BCUT2D eigenvalue weighted by Gasteiger charge is -2.08. The zero-order valence-corrected chi connectivity index (χ0v) is 12.7. The summed E-state index contributed by atoms with van der Waals surface area (Å²) in [7, 11) is 0. The van der Waals surface area contributed by atoms with E-state index in [1.165, 1.54) is 0 Å². The van der Waals surface area contributed by atoms with E-state index in [9.17, 15) is 10.2 Å². The average Bonchev–Trinajstić information content (AvgIpc) is 2.83. The van der Waals surface area contributed by atoms with E-state index in [1.807, 2.05) is 12.1 Å². The second-order valence-corrected chi connectivity index (χ2v) is 5.64. The summed E-state index contributed by atoms with van der Waals surface area (Å²) in [5.74, 6) is 1.07. The Morgan fingerprint density at radius 2 is 1.82 bits per heavy atom. The first kappa shape index (κ1) is 14.3. The Morgan fingerprint density at radius 1 is 1.05 bits per heavy atom. The highest BCUT2D eigenvalue weighted by molar-refractivity contribution is 5.85. The highest BCUT2D eigenvalue weighted by atomic mass is 16.5. The number of hydrogen-bond acceptors (Lipinski definition) is 3. The van der Waals surface area contributed by atoms with Gasteiger partial charge in [-0.05, 0) is 38.1 Å². The van der Waals surface area contributed by atoms with Crippen LogP contribution in [-0.2, 0) is 6.61 Å². The molecule has 0 unspecified atom stereocenters. The van der Waals surface area contributed by atoms with E-state index in [0.717, 1.165) is 16.5 Å². The first-order valence-corrected chi connectivity index (χ1v) is 7.29. The topological polar surface area (TPSA) is 54.6 Å². The summed E-state index contributed by atoms with van der Waals surface area (Å²) in [5.41, 5.74) is 2.04. The van der Waals surface area contributed by atoms with Crippen LogP contribution in [0.4, 0.5) is 0 Å². The maximum atomic E-state index is 9.71. The molecular weight excluding hydrogens is 278 g/mol. The number of rotatable bonds is 4. The standard InChI is InChI=1S/C18H19NO3/c1-12(2)19-10-13(17-7-6-15(21)9-18(17)19)11-22-16-5-3-4-14(20)8-16/h3-10,12,20-21H,11H2,1-2H3. The summed E-state index contributed by atoms with van der Waals surface area (Å²) in [6.07, 6.45) is 2.05. The van der Waals surface area contributed by atoms with Crippen LogP contribution in [0.3, 0.4) is 0 Å². The van der Waals surface area contributed by atoms with Crippen molar-refractivity contribution in [2.24, 2.45) is 0 Å². The second kappa shape index (κ2) is 5.64. The number of aromatic hydroxyl groups is 2. The summed E-state index contributed by atoms with van der Waals surface area (Å²) in [6, 6.07) is 12.4. The van der Waals surface area contributed by atoms with Gasteiger partial charge in [-0.3, -0.25) is 0 Å². The lowest BCUT2D eigenvalue weighted by molar-refractivity contribution is 0.305. The molecule has 0 spiro atoms. The molecule has 2 N–H and O–H groups in total. The van der Waals surface area contributed by atoms with Gasteiger partial charge >= 0.3 is 0 Å². The van der Waals surface area contributed by atoms with Gasteiger partial charge in [-0.25, -0.2) is 0 Å². The molecule has 0 aliphatic rings. The van der Waals surface area contributed by atoms with Crippen LogP contribution in [0.25, 0.3) is 10.9 Å². The van der Waals surface area contributed by atoms with E-state index in [1.54, 1.807) is 30.3 Å². The van der Waals surface area contributed by atoms with E-state index < -0.39 is 0 Å². The van der Waals surface area contributed by atoms with Crippen molar-refractivity contribution < 1.29 is 14.9 Å². The minimum Gasteiger partial charge on any atom is -0.508 e. The van der Waals surface area contributed by atoms with Gasteiger partial charge in [-0.2, -0.15) is 0 Å². The third kappa shape index (κ3) is 2.72. The molecule has 114 valence electrons. The van der Waals surface area contributed by atoms with Gasteiger partial charge in [0.2, 0.25) is 0 Å². The Bertz CT molecular complexity index is 805. The number of aromatic nitrogens is 1. The number of phenolic OH excluding ortho intramolecular Hbond substituents is 2. The predicted molar refractivity (Wildman–Crippen MR) is 86.4 cm³/mol. The first-order chi connectivity index (χ1) is 10.5. The first-order valence-electron chi connectivity index (χ1n) is 7.29. The van der Waals surface area contributed by atoms with Crippen molar-refractivity contribution in [1.82, 2.24) is 4.57 Å². The molecule has 0 bridgehead atoms. The molecule has 0 fully saturated rings. The van der Waals surface area contributed by atoms with Gasteiger partial charge in [0.05, 0.1) is 5.52 Å². The smallest absolute Gasteiger partial charge is 0.123 e. The SMILES string of the molecule is CC(C)n1cc(COc2cccc(O)c2)c2ccc(O)cc21. The molecule has 0 saturated carbocycles. The van der Waals surface area contributed by atoms with Crippen LogP contribution in [0.1, 0.15) is 25.5 Å². The molecule has 0 amide bonds. The monoisotopic (exact) mass is 297 g/mol. The molecule has 4 heteroatoms. The van der Waals surface area contributed by atoms with Crippen molar-refractivity contribution in [2.75, 3.05) is 0 Å². The Labute approximate surface area is 129 Å². The third-order valence-corrected chi connectivity index (χ3v) is 3.67. The Morgan fingerprint density at radius 3 is 2.55 bits per heavy atom. The summed E-state index contributed by atoms with van der Waals surface area (Å²) in [6.45, 7) is 4.61. The van der Waals surface area contributed by atoms with Gasteiger partial charge in [-0.1, -0.05) is 6.07 Å². The van der Waals surface area contributed by atoms with Crippen molar-refractivity contribution in [3.05, 3.63) is 54.2 Å². The molecule has 0 radical (unpaired) electrons. The molecule has 3 aromatic rings. The summed E-state index contributed by atoms with van der Waals surface area (Å²) < 4.78 is 7.89. The predicted octanol–water partition coefficient (Wildman–Crippen LogP) is 4.21. The number of benzene rings is 2. The molecule has 1 heterocycles. The van der Waals surface area contributed by atoms with Gasteiger partial charge in [0, 0.05) is 35.3 Å². The fourth-order valence-electron chi connectivity index (χ4n) is 2.59. The number of phenols is 2. The highest BCUT2D eigenvalue weighted by Crippen LogP contribution is 2.29. The normalized spacial score (nSPS) is 11.2. The Balaban J connectivity index is 1.93. The zero-order chi connectivity index (χ0) is 15.7. The number of fused-ring (bicyclic) bond motifs is 1. The molecule has 22 heavy (non-hydrogen) atoms. The molecule has 1 aromatic heterocycles. The van der Waals surface area contributed by atoms with Crippen LogP contribution in [0.5, 0.6) is 17.2 Å². The van der Waals surface area contributed by atoms with Crippen LogP contribution in [0.15, 0.2) is 48.7 Å². The van der Waals surface area contributed by atoms with Crippen molar-refractivity contribution in [2.45, 2.75) is 26.5 Å². The highest BCUT2D eigenvalue weighted by Gasteiger charge is 2.12. The van der Waals surface area contributed by atoms with E-state index in [-0.39, 0.29) is 11.5 Å². The Hall–Kier alpha value is -2.62. The molecule has 3 rings (SSSR count).